The van der Waals surface area contributed by atoms with Crippen molar-refractivity contribution in [3.8, 4) is 0 Å². The lowest BCUT2D eigenvalue weighted by atomic mass is 9.93. The van der Waals surface area contributed by atoms with E-state index < -0.39 is 0 Å². The summed E-state index contributed by atoms with van der Waals surface area (Å²) in [6, 6.07) is 0. The molecule has 1 amide bonds. The molecule has 1 N–H and O–H groups in total. The number of allylic oxidation sites excluding steroid dienone is 2. The second-order valence-corrected chi connectivity index (χ2v) is 9.59. The van der Waals surface area contributed by atoms with Gasteiger partial charge in [-0.1, -0.05) is 25.0 Å². The van der Waals surface area contributed by atoms with Gasteiger partial charge in [-0.2, -0.15) is 0 Å². The molecular formula is C22H28N4OS. The molecule has 3 aliphatic rings. The number of fused-ring (bicyclic) bond motifs is 3. The number of rotatable bonds is 4. The molecule has 0 spiro atoms. The third-order valence-corrected chi connectivity index (χ3v) is 7.95. The fourth-order valence-corrected chi connectivity index (χ4v) is 6.30. The molecule has 148 valence electrons. The Morgan fingerprint density at radius 1 is 1.18 bits per heavy atom. The third kappa shape index (κ3) is 3.21. The average molecular weight is 397 g/mol. The molecule has 1 saturated heterocycles. The number of amides is 1. The quantitative estimate of drug-likeness (QED) is 0.765. The Morgan fingerprint density at radius 3 is 2.71 bits per heavy atom. The molecule has 3 heterocycles. The number of nitrogens with zero attached hydrogens (tertiary/aromatic N) is 3. The molecule has 2 aromatic rings. The first-order chi connectivity index (χ1) is 13.7. The normalized spacial score (nSPS) is 26.8. The van der Waals surface area contributed by atoms with Crippen LogP contribution in [0, 0.1) is 24.7 Å². The molecule has 1 aliphatic heterocycles. The maximum Gasteiger partial charge on any atom is 0.264 e. The molecule has 2 fully saturated rings. The van der Waals surface area contributed by atoms with Gasteiger partial charge in [0.2, 0.25) is 0 Å². The SMILES string of the molecule is Cc1c(C(=O)N2CCCCCC2)sc2ncnc(NC[C@H]3C[C@@H]4C=C[C@H]3C4)c12. The predicted molar refractivity (Wildman–Crippen MR) is 114 cm³/mol. The molecule has 0 unspecified atom stereocenters. The van der Waals surface area contributed by atoms with Crippen LogP contribution in [0.3, 0.4) is 0 Å². The summed E-state index contributed by atoms with van der Waals surface area (Å²) in [6.45, 7) is 4.75. The standard InChI is InChI=1S/C22H28N4OS/c1-14-18-20(23-12-17-11-15-6-7-16(17)10-15)24-13-25-21(18)28-19(14)22(27)26-8-4-2-3-5-9-26/h6-7,13,15-17H,2-5,8-12H2,1H3,(H,23,24,25)/t15-,16+,17-/m1/s1. The highest BCUT2D eigenvalue weighted by Gasteiger charge is 2.35. The topological polar surface area (TPSA) is 58.1 Å². The minimum absolute atomic E-state index is 0.173. The van der Waals surface area contributed by atoms with Gasteiger partial charge in [0.15, 0.2) is 0 Å². The van der Waals surface area contributed by atoms with Gasteiger partial charge in [0.1, 0.15) is 17.0 Å². The zero-order valence-electron chi connectivity index (χ0n) is 16.5. The maximum atomic E-state index is 13.2. The number of aromatic nitrogens is 2. The maximum absolute atomic E-state index is 13.2. The number of thiophene rings is 1. The van der Waals surface area contributed by atoms with Crippen LogP contribution in [0.4, 0.5) is 5.82 Å². The van der Waals surface area contributed by atoms with E-state index >= 15 is 0 Å². The van der Waals surface area contributed by atoms with Crippen molar-refractivity contribution in [2.75, 3.05) is 25.0 Å². The summed E-state index contributed by atoms with van der Waals surface area (Å²) >= 11 is 1.52. The van der Waals surface area contributed by atoms with Crippen molar-refractivity contribution in [1.82, 2.24) is 14.9 Å². The second kappa shape index (κ2) is 7.47. The minimum Gasteiger partial charge on any atom is -0.369 e. The van der Waals surface area contributed by atoms with Crippen LogP contribution < -0.4 is 5.32 Å². The van der Waals surface area contributed by atoms with Crippen molar-refractivity contribution in [1.29, 1.82) is 0 Å². The zero-order valence-corrected chi connectivity index (χ0v) is 17.3. The van der Waals surface area contributed by atoms with Gasteiger partial charge in [0.05, 0.1) is 10.3 Å². The van der Waals surface area contributed by atoms with Crippen LogP contribution >= 0.6 is 11.3 Å². The Balaban J connectivity index is 1.38. The van der Waals surface area contributed by atoms with Gasteiger partial charge in [0.25, 0.3) is 5.91 Å². The third-order valence-electron chi connectivity index (χ3n) is 6.76. The molecule has 0 aromatic carbocycles. The van der Waals surface area contributed by atoms with Gasteiger partial charge in [-0.15, -0.1) is 11.3 Å². The molecular weight excluding hydrogens is 368 g/mol. The van der Waals surface area contributed by atoms with Crippen molar-refractivity contribution in [3.05, 3.63) is 28.9 Å². The van der Waals surface area contributed by atoms with E-state index in [4.69, 9.17) is 0 Å². The number of anilines is 1. The summed E-state index contributed by atoms with van der Waals surface area (Å²) in [5, 5.41) is 4.63. The Hall–Kier alpha value is -1.95. The summed E-state index contributed by atoms with van der Waals surface area (Å²) in [5.41, 5.74) is 1.03. The second-order valence-electron chi connectivity index (χ2n) is 8.59. The van der Waals surface area contributed by atoms with Crippen LogP contribution in [-0.2, 0) is 0 Å². The van der Waals surface area contributed by atoms with E-state index in [2.05, 4.69) is 34.4 Å². The number of hydrogen-bond donors (Lipinski definition) is 1. The van der Waals surface area contributed by atoms with Crippen molar-refractivity contribution in [3.63, 3.8) is 0 Å². The first-order valence-corrected chi connectivity index (χ1v) is 11.5. The Morgan fingerprint density at radius 2 is 2.00 bits per heavy atom. The van der Waals surface area contributed by atoms with Crippen LogP contribution in [0.15, 0.2) is 18.5 Å². The lowest BCUT2D eigenvalue weighted by Crippen LogP contribution is -2.31. The largest absolute Gasteiger partial charge is 0.369 e. The molecule has 28 heavy (non-hydrogen) atoms. The molecule has 2 aromatic heterocycles. The van der Waals surface area contributed by atoms with Crippen LogP contribution in [0.1, 0.15) is 53.8 Å². The van der Waals surface area contributed by atoms with Crippen molar-refractivity contribution in [2.24, 2.45) is 17.8 Å². The number of hydrogen-bond acceptors (Lipinski definition) is 5. The van der Waals surface area contributed by atoms with Crippen LogP contribution in [0.5, 0.6) is 0 Å². The Bertz CT molecular complexity index is 913. The van der Waals surface area contributed by atoms with E-state index in [9.17, 15) is 4.79 Å². The molecule has 3 atom stereocenters. The first kappa shape index (κ1) is 18.1. The molecule has 5 nitrogen and oxygen atoms in total. The lowest BCUT2D eigenvalue weighted by molar-refractivity contribution is 0.0766. The molecule has 0 radical (unpaired) electrons. The number of likely N-dealkylation sites (tertiary alicyclic amines) is 1. The zero-order chi connectivity index (χ0) is 19.1. The Labute approximate surface area is 170 Å². The molecule has 2 aliphatic carbocycles. The summed E-state index contributed by atoms with van der Waals surface area (Å²) in [7, 11) is 0. The predicted octanol–water partition coefficient (Wildman–Crippen LogP) is 4.64. The fourth-order valence-electron chi connectivity index (χ4n) is 5.18. The van der Waals surface area contributed by atoms with Gasteiger partial charge in [0, 0.05) is 19.6 Å². The number of nitrogens with one attached hydrogen (secondary N) is 1. The van der Waals surface area contributed by atoms with Crippen LogP contribution in [0.2, 0.25) is 0 Å². The monoisotopic (exact) mass is 396 g/mol. The Kier molecular flexibility index (Phi) is 4.83. The fraction of sp³-hybridized carbons (Fsp3) is 0.591. The van der Waals surface area contributed by atoms with Crippen LogP contribution in [0.25, 0.3) is 10.2 Å². The summed E-state index contributed by atoms with van der Waals surface area (Å²) in [6.07, 6.45) is 13.7. The molecule has 6 heteroatoms. The minimum atomic E-state index is 0.173. The number of carbonyl (C=O) groups is 1. The smallest absolute Gasteiger partial charge is 0.264 e. The van der Waals surface area contributed by atoms with Gasteiger partial charge >= 0.3 is 0 Å². The number of aryl methyl sites for hydroxylation is 1. The summed E-state index contributed by atoms with van der Waals surface area (Å²) < 4.78 is 0. The van der Waals surface area contributed by atoms with Crippen LogP contribution in [-0.4, -0.2) is 40.4 Å². The van der Waals surface area contributed by atoms with Crippen molar-refractivity contribution >= 4 is 33.3 Å². The molecule has 5 rings (SSSR count). The highest BCUT2D eigenvalue weighted by atomic mass is 32.1. The summed E-state index contributed by atoms with van der Waals surface area (Å²) in [4.78, 5) is 26.0. The lowest BCUT2D eigenvalue weighted by Gasteiger charge is -2.20. The highest BCUT2D eigenvalue weighted by molar-refractivity contribution is 7.20. The van der Waals surface area contributed by atoms with Gasteiger partial charge in [-0.25, -0.2) is 9.97 Å². The summed E-state index contributed by atoms with van der Waals surface area (Å²) in [5.74, 6) is 3.26. The van der Waals surface area contributed by atoms with Gasteiger partial charge < -0.3 is 10.2 Å². The van der Waals surface area contributed by atoms with E-state index in [1.807, 2.05) is 4.90 Å². The van der Waals surface area contributed by atoms with Crippen molar-refractivity contribution < 1.29 is 4.79 Å². The highest BCUT2D eigenvalue weighted by Crippen LogP contribution is 2.43. The van der Waals surface area contributed by atoms with E-state index in [1.54, 1.807) is 6.33 Å². The van der Waals surface area contributed by atoms with E-state index in [1.165, 1.54) is 37.0 Å². The molecule has 1 saturated carbocycles. The molecule has 2 bridgehead atoms. The van der Waals surface area contributed by atoms with Crippen molar-refractivity contribution in [2.45, 2.75) is 45.4 Å². The number of carbonyl (C=O) groups excluding carboxylic acids is 1. The van der Waals surface area contributed by atoms with E-state index in [0.717, 1.165) is 70.8 Å². The van der Waals surface area contributed by atoms with E-state index in [0.29, 0.717) is 5.92 Å². The first-order valence-electron chi connectivity index (χ1n) is 10.7. The average Bonchev–Trinajstić information content (AvgIpc) is 3.35. The van der Waals surface area contributed by atoms with Gasteiger partial charge in [-0.05, 0) is 55.9 Å². The van der Waals surface area contributed by atoms with E-state index in [-0.39, 0.29) is 5.91 Å². The van der Waals surface area contributed by atoms with Gasteiger partial charge in [-0.3, -0.25) is 4.79 Å².